The highest BCUT2D eigenvalue weighted by Crippen LogP contribution is 2.26. The maximum Gasteiger partial charge on any atom is 0.302 e. The van der Waals surface area contributed by atoms with Crippen molar-refractivity contribution in [1.29, 1.82) is 5.26 Å². The smallest absolute Gasteiger partial charge is 0.295 e. The van der Waals surface area contributed by atoms with Crippen molar-refractivity contribution in [3.63, 3.8) is 0 Å². The van der Waals surface area contributed by atoms with E-state index in [1.807, 2.05) is 6.07 Å². The van der Waals surface area contributed by atoms with Gasteiger partial charge in [0, 0.05) is 25.1 Å². The molecule has 1 saturated heterocycles. The van der Waals surface area contributed by atoms with Crippen LogP contribution >= 0.6 is 0 Å². The van der Waals surface area contributed by atoms with Gasteiger partial charge in [0.05, 0.1) is 11.3 Å². The van der Waals surface area contributed by atoms with Crippen molar-refractivity contribution in [2.45, 2.75) is 6.42 Å². The predicted molar refractivity (Wildman–Crippen MR) is 64.3 cm³/mol. The lowest BCUT2D eigenvalue weighted by atomic mass is 10.1. The minimum Gasteiger partial charge on any atom is -0.295 e. The molecule has 0 saturated carbocycles. The largest absolute Gasteiger partial charge is 0.302 e. The quantitative estimate of drug-likeness (QED) is 0.758. The minimum absolute atomic E-state index is 0.0493. The number of carbonyl (C=O) groups is 1. The fraction of sp³-hybridized carbons (Fsp3) is 0.364. The molecule has 2 rings (SSSR count). The molecule has 0 spiro atoms. The lowest BCUT2D eigenvalue weighted by Crippen LogP contribution is -2.27. The van der Waals surface area contributed by atoms with E-state index >= 15 is 0 Å². The molecule has 0 bridgehead atoms. The molecule has 1 aromatic rings. The third-order valence-corrected chi connectivity index (χ3v) is 3.67. The highest BCUT2D eigenvalue weighted by atomic mass is 32.3. The molecule has 1 aliphatic heterocycles. The number of rotatable bonds is 3. The summed E-state index contributed by atoms with van der Waals surface area (Å²) in [5.41, 5.74) is 0.222. The average Bonchev–Trinajstić information content (AvgIpc) is 2.67. The highest BCUT2D eigenvalue weighted by molar-refractivity contribution is 7.86. The monoisotopic (exact) mass is 283 g/mol. The standard InChI is InChI=1S/C11H10FN3O3S/c12-19(17,18)7-8-4-10(16)15(6-8)11-9(5-13)2-1-3-14-11/h1-3,8H,4,6-7H2. The van der Waals surface area contributed by atoms with Gasteiger partial charge in [-0.25, -0.2) is 4.98 Å². The minimum atomic E-state index is -4.62. The van der Waals surface area contributed by atoms with Crippen molar-refractivity contribution < 1.29 is 17.1 Å². The molecular formula is C11H10FN3O3S. The van der Waals surface area contributed by atoms with Crippen LogP contribution in [0.3, 0.4) is 0 Å². The number of aromatic nitrogens is 1. The molecule has 1 unspecified atom stereocenters. The molecular weight excluding hydrogens is 273 g/mol. The van der Waals surface area contributed by atoms with Crippen LogP contribution < -0.4 is 4.90 Å². The zero-order valence-electron chi connectivity index (χ0n) is 9.78. The zero-order valence-corrected chi connectivity index (χ0v) is 10.6. The van der Waals surface area contributed by atoms with Crippen LogP contribution in [0.4, 0.5) is 9.70 Å². The van der Waals surface area contributed by atoms with Crippen LogP contribution in [-0.4, -0.2) is 31.6 Å². The van der Waals surface area contributed by atoms with E-state index in [4.69, 9.17) is 5.26 Å². The number of hydrogen-bond acceptors (Lipinski definition) is 5. The maximum atomic E-state index is 12.6. The Hall–Kier alpha value is -2.01. The Labute approximate surface area is 109 Å². The van der Waals surface area contributed by atoms with Crippen LogP contribution in [0, 0.1) is 17.2 Å². The van der Waals surface area contributed by atoms with E-state index in [1.165, 1.54) is 17.2 Å². The van der Waals surface area contributed by atoms with Crippen LogP contribution in [0.25, 0.3) is 0 Å². The van der Waals surface area contributed by atoms with Crippen LogP contribution in [0.1, 0.15) is 12.0 Å². The van der Waals surface area contributed by atoms with Gasteiger partial charge in [-0.3, -0.25) is 9.69 Å². The van der Waals surface area contributed by atoms with Gasteiger partial charge in [0.15, 0.2) is 5.82 Å². The van der Waals surface area contributed by atoms with Crippen LogP contribution in [-0.2, 0) is 15.0 Å². The summed E-state index contributed by atoms with van der Waals surface area (Å²) in [5.74, 6) is -1.47. The number of halogens is 1. The summed E-state index contributed by atoms with van der Waals surface area (Å²) in [6, 6.07) is 4.98. The van der Waals surface area contributed by atoms with Crippen molar-refractivity contribution in [3.8, 4) is 6.07 Å². The van der Waals surface area contributed by atoms with Crippen molar-refractivity contribution in [1.82, 2.24) is 4.98 Å². The van der Waals surface area contributed by atoms with Gasteiger partial charge >= 0.3 is 10.2 Å². The maximum absolute atomic E-state index is 12.6. The summed E-state index contributed by atoms with van der Waals surface area (Å²) in [6.45, 7) is 0.0493. The first-order valence-electron chi connectivity index (χ1n) is 5.48. The van der Waals surface area contributed by atoms with Crippen LogP contribution in [0.2, 0.25) is 0 Å². The van der Waals surface area contributed by atoms with E-state index in [-0.39, 0.29) is 30.3 Å². The van der Waals surface area contributed by atoms with Gasteiger partial charge in [-0.15, -0.1) is 3.89 Å². The van der Waals surface area contributed by atoms with Gasteiger partial charge in [0.25, 0.3) is 0 Å². The summed E-state index contributed by atoms with van der Waals surface area (Å²) in [4.78, 5) is 17.0. The summed E-state index contributed by atoms with van der Waals surface area (Å²) < 4.78 is 33.8. The average molecular weight is 283 g/mol. The van der Waals surface area contributed by atoms with Gasteiger partial charge in [-0.05, 0) is 12.1 Å². The molecule has 1 atom stereocenters. The number of amides is 1. The number of carbonyl (C=O) groups excluding carboxylic acids is 1. The molecule has 6 nitrogen and oxygen atoms in total. The van der Waals surface area contributed by atoms with E-state index in [2.05, 4.69) is 4.98 Å². The molecule has 100 valence electrons. The highest BCUT2D eigenvalue weighted by Gasteiger charge is 2.35. The van der Waals surface area contributed by atoms with Crippen molar-refractivity contribution in [2.24, 2.45) is 5.92 Å². The molecule has 0 aromatic carbocycles. The van der Waals surface area contributed by atoms with Gasteiger partial charge in [-0.1, -0.05) is 0 Å². The SMILES string of the molecule is N#Cc1cccnc1N1CC(CS(=O)(=O)F)CC1=O. The number of nitrogens with zero attached hydrogens (tertiary/aromatic N) is 3. The Balaban J connectivity index is 2.24. The fourth-order valence-corrected chi connectivity index (χ4v) is 2.87. The Morgan fingerprint density at radius 3 is 2.95 bits per heavy atom. The Morgan fingerprint density at radius 2 is 2.32 bits per heavy atom. The van der Waals surface area contributed by atoms with Crippen LogP contribution in [0.15, 0.2) is 18.3 Å². The summed E-state index contributed by atoms with van der Waals surface area (Å²) >= 11 is 0. The first kappa shape index (κ1) is 13.4. The Morgan fingerprint density at radius 1 is 1.58 bits per heavy atom. The van der Waals surface area contributed by atoms with Gasteiger partial charge in [0.2, 0.25) is 5.91 Å². The third kappa shape index (κ3) is 3.06. The van der Waals surface area contributed by atoms with Gasteiger partial charge in [0.1, 0.15) is 6.07 Å². The second kappa shape index (κ2) is 4.93. The molecule has 8 heteroatoms. The molecule has 1 fully saturated rings. The van der Waals surface area contributed by atoms with Crippen LogP contribution in [0.5, 0.6) is 0 Å². The lowest BCUT2D eigenvalue weighted by Gasteiger charge is -2.16. The molecule has 0 aliphatic carbocycles. The lowest BCUT2D eigenvalue weighted by molar-refractivity contribution is -0.117. The topological polar surface area (TPSA) is 91.1 Å². The second-order valence-electron chi connectivity index (χ2n) is 4.27. The van der Waals surface area contributed by atoms with E-state index in [0.717, 1.165) is 0 Å². The zero-order chi connectivity index (χ0) is 14.0. The molecule has 0 radical (unpaired) electrons. The second-order valence-corrected chi connectivity index (χ2v) is 5.68. The molecule has 1 aliphatic rings. The normalized spacial score (nSPS) is 19.5. The Bertz CT molecular complexity index is 653. The first-order chi connectivity index (χ1) is 8.90. The Kier molecular flexibility index (Phi) is 3.48. The fourth-order valence-electron chi connectivity index (χ4n) is 2.08. The van der Waals surface area contributed by atoms with Crippen molar-refractivity contribution >= 4 is 21.9 Å². The molecule has 1 amide bonds. The molecule has 19 heavy (non-hydrogen) atoms. The number of pyridine rings is 1. The predicted octanol–water partition coefficient (Wildman–Crippen LogP) is 0.605. The van der Waals surface area contributed by atoms with Crippen molar-refractivity contribution in [2.75, 3.05) is 17.2 Å². The molecule has 1 aromatic heterocycles. The first-order valence-corrected chi connectivity index (χ1v) is 7.04. The number of anilines is 1. The third-order valence-electron chi connectivity index (χ3n) is 2.80. The van der Waals surface area contributed by atoms with Crippen molar-refractivity contribution in [3.05, 3.63) is 23.9 Å². The van der Waals surface area contributed by atoms with E-state index < -0.39 is 21.9 Å². The summed E-state index contributed by atoms with van der Waals surface area (Å²) in [6.07, 6.45) is 1.37. The van der Waals surface area contributed by atoms with E-state index in [1.54, 1.807) is 6.07 Å². The number of nitriles is 1. The summed E-state index contributed by atoms with van der Waals surface area (Å²) in [7, 11) is -4.62. The molecule has 0 N–H and O–H groups in total. The molecule has 2 heterocycles. The van der Waals surface area contributed by atoms with E-state index in [0.29, 0.717) is 0 Å². The van der Waals surface area contributed by atoms with Gasteiger partial charge < -0.3 is 0 Å². The van der Waals surface area contributed by atoms with Gasteiger partial charge in [-0.2, -0.15) is 13.7 Å². The van der Waals surface area contributed by atoms with E-state index in [9.17, 15) is 17.1 Å². The number of hydrogen-bond donors (Lipinski definition) is 0. The summed E-state index contributed by atoms with van der Waals surface area (Å²) in [5, 5.41) is 8.93.